The highest BCUT2D eigenvalue weighted by atomic mass is 35.5. The van der Waals surface area contributed by atoms with Crippen molar-refractivity contribution in [3.63, 3.8) is 0 Å². The molecule has 4 rings (SSSR count). The smallest absolute Gasteiger partial charge is 0.281 e. The lowest BCUT2D eigenvalue weighted by atomic mass is 9.90. The van der Waals surface area contributed by atoms with E-state index >= 15 is 0 Å². The van der Waals surface area contributed by atoms with E-state index < -0.39 is 15.9 Å². The van der Waals surface area contributed by atoms with Gasteiger partial charge in [-0.3, -0.25) is 4.79 Å². The van der Waals surface area contributed by atoms with Gasteiger partial charge in [0.2, 0.25) is 0 Å². The summed E-state index contributed by atoms with van der Waals surface area (Å²) in [6.45, 7) is 7.09. The number of rotatable bonds is 6. The molecule has 3 heterocycles. The van der Waals surface area contributed by atoms with Gasteiger partial charge >= 0.3 is 0 Å². The summed E-state index contributed by atoms with van der Waals surface area (Å²) in [6, 6.07) is 14.9. The normalized spacial score (nSPS) is 17.3. The largest absolute Gasteiger partial charge is 0.351 e. The summed E-state index contributed by atoms with van der Waals surface area (Å²) in [6.07, 6.45) is 2.57. The first-order valence-electron chi connectivity index (χ1n) is 11.3. The van der Waals surface area contributed by atoms with Crippen LogP contribution in [-0.2, 0) is 10.0 Å². The zero-order valence-corrected chi connectivity index (χ0v) is 21.6. The fourth-order valence-corrected chi connectivity index (χ4v) is 5.30. The van der Waals surface area contributed by atoms with Crippen LogP contribution >= 0.6 is 11.6 Å². The minimum atomic E-state index is -4.24. The maximum Gasteiger partial charge on any atom is 0.281 e. The number of pyridine rings is 2. The number of benzene rings is 1. The molecule has 1 fully saturated rings. The molecule has 1 saturated heterocycles. The Labute approximate surface area is 211 Å². The Morgan fingerprint density at radius 2 is 1.91 bits per heavy atom. The predicted molar refractivity (Wildman–Crippen MR) is 138 cm³/mol. The van der Waals surface area contributed by atoms with Crippen molar-refractivity contribution in [3.8, 4) is 0 Å². The number of hydrogen-bond donors (Lipinski definition) is 1. The Hall–Kier alpha value is -3.17. The van der Waals surface area contributed by atoms with Gasteiger partial charge in [-0.05, 0) is 68.7 Å². The van der Waals surface area contributed by atoms with Gasteiger partial charge in [0.15, 0.2) is 5.03 Å². The molecule has 1 N–H and O–H groups in total. The van der Waals surface area contributed by atoms with Crippen molar-refractivity contribution < 1.29 is 13.2 Å². The minimum Gasteiger partial charge on any atom is -0.351 e. The Kier molecular flexibility index (Phi) is 6.75. The van der Waals surface area contributed by atoms with Crippen LogP contribution in [0.5, 0.6) is 0 Å². The zero-order chi connectivity index (χ0) is 25.4. The number of aromatic nitrogens is 2. The number of halogens is 1. The fourth-order valence-electron chi connectivity index (χ4n) is 4.19. The second-order valence-corrected chi connectivity index (χ2v) is 11.2. The van der Waals surface area contributed by atoms with Gasteiger partial charge in [0.05, 0.1) is 5.56 Å². The quantitative estimate of drug-likeness (QED) is 0.513. The van der Waals surface area contributed by atoms with Crippen LogP contribution in [0.25, 0.3) is 0 Å². The topological polar surface area (TPSA) is 95.5 Å². The molecule has 1 aliphatic heterocycles. The van der Waals surface area contributed by atoms with Crippen molar-refractivity contribution >= 4 is 44.9 Å². The van der Waals surface area contributed by atoms with E-state index in [0.29, 0.717) is 22.6 Å². The maximum absolute atomic E-state index is 13.2. The summed E-state index contributed by atoms with van der Waals surface area (Å²) in [5, 5.41) is 0.283. The molecular formula is C25H28ClN5O3S. The number of nitrogens with one attached hydrogen (secondary N) is 1. The second kappa shape index (κ2) is 9.47. The van der Waals surface area contributed by atoms with Gasteiger partial charge in [-0.15, -0.1) is 0 Å². The minimum absolute atomic E-state index is 0.199. The molecule has 0 aliphatic carbocycles. The molecule has 1 amide bonds. The molecule has 2 aromatic heterocycles. The molecule has 0 radical (unpaired) electrons. The van der Waals surface area contributed by atoms with Crippen molar-refractivity contribution in [1.82, 2.24) is 14.7 Å². The highest BCUT2D eigenvalue weighted by Crippen LogP contribution is 2.38. The molecule has 0 bridgehead atoms. The molecule has 0 spiro atoms. The number of hydrogen-bond acceptors (Lipinski definition) is 7. The second-order valence-electron chi connectivity index (χ2n) is 9.18. The van der Waals surface area contributed by atoms with Crippen LogP contribution in [-0.4, -0.2) is 43.4 Å². The summed E-state index contributed by atoms with van der Waals surface area (Å²) in [4.78, 5) is 25.7. The third-order valence-electron chi connectivity index (χ3n) is 6.72. The zero-order valence-electron chi connectivity index (χ0n) is 20.1. The summed E-state index contributed by atoms with van der Waals surface area (Å²) in [7, 11) is -2.49. The monoisotopic (exact) mass is 513 g/mol. The van der Waals surface area contributed by atoms with E-state index in [-0.39, 0.29) is 16.1 Å². The van der Waals surface area contributed by atoms with Crippen LogP contribution in [0, 0.1) is 5.92 Å². The summed E-state index contributed by atoms with van der Waals surface area (Å²) in [5.74, 6) is 0.501. The molecular weight excluding hydrogens is 486 g/mol. The number of nitrogens with zero attached hydrogens (tertiary/aromatic N) is 4. The first kappa shape index (κ1) is 24.9. The van der Waals surface area contributed by atoms with Crippen molar-refractivity contribution in [2.75, 3.05) is 23.4 Å². The van der Waals surface area contributed by atoms with E-state index in [1.54, 1.807) is 60.6 Å². The molecule has 3 aromatic rings. The highest BCUT2D eigenvalue weighted by Gasteiger charge is 2.40. The van der Waals surface area contributed by atoms with Crippen LogP contribution < -0.4 is 14.5 Å². The van der Waals surface area contributed by atoms with Crippen molar-refractivity contribution in [2.24, 2.45) is 5.92 Å². The van der Waals surface area contributed by atoms with Crippen LogP contribution in [0.15, 0.2) is 65.8 Å². The average molecular weight is 514 g/mol. The number of amides is 1. The predicted octanol–water partition coefficient (Wildman–Crippen LogP) is 4.64. The highest BCUT2D eigenvalue weighted by molar-refractivity contribution is 7.90. The van der Waals surface area contributed by atoms with E-state index in [4.69, 9.17) is 11.6 Å². The Bertz CT molecular complexity index is 1360. The van der Waals surface area contributed by atoms with Crippen molar-refractivity contribution in [3.05, 3.63) is 71.4 Å². The lowest BCUT2D eigenvalue weighted by molar-refractivity contribution is 0.0981. The standard InChI is InChI=1S/C25H28ClN5O3S/c1-17-13-15-31(25(17,2)3)23-20(10-7-14-27-23)24(32)29-35(33,34)22-12-6-11-21(28-22)30(4)19-9-5-8-18(26)16-19/h5-12,14,16-17H,13,15H2,1-4H3,(H,29,32). The number of anilines is 3. The Morgan fingerprint density at radius 3 is 2.60 bits per heavy atom. The summed E-state index contributed by atoms with van der Waals surface area (Å²) >= 11 is 6.08. The molecule has 1 unspecified atom stereocenters. The van der Waals surface area contributed by atoms with Crippen molar-refractivity contribution in [1.29, 1.82) is 0 Å². The lowest BCUT2D eigenvalue weighted by Gasteiger charge is -2.36. The SMILES string of the molecule is CC1CCN(c2ncccc2C(=O)NS(=O)(=O)c2cccc(N(C)c3cccc(Cl)c3)n2)C1(C)C. The molecule has 8 nitrogen and oxygen atoms in total. The third-order valence-corrected chi connectivity index (χ3v) is 8.19. The molecule has 35 heavy (non-hydrogen) atoms. The van der Waals surface area contributed by atoms with Gasteiger partial charge in [-0.1, -0.05) is 30.7 Å². The number of carbonyl (C=O) groups excluding carboxylic acids is 1. The van der Waals surface area contributed by atoms with E-state index in [1.165, 1.54) is 6.07 Å². The van der Waals surface area contributed by atoms with E-state index in [0.717, 1.165) is 18.7 Å². The summed E-state index contributed by atoms with van der Waals surface area (Å²) < 4.78 is 28.4. The third kappa shape index (κ3) is 4.97. The van der Waals surface area contributed by atoms with E-state index in [1.807, 2.05) is 6.07 Å². The van der Waals surface area contributed by atoms with Gasteiger partial charge < -0.3 is 9.80 Å². The van der Waals surface area contributed by atoms with Gasteiger partial charge in [0, 0.05) is 36.0 Å². The fraction of sp³-hybridized carbons (Fsp3) is 0.320. The molecule has 1 atom stereocenters. The first-order chi connectivity index (χ1) is 16.5. The average Bonchev–Trinajstić information content (AvgIpc) is 3.10. The molecule has 184 valence electrons. The van der Waals surface area contributed by atoms with Crippen LogP contribution in [0.4, 0.5) is 17.3 Å². The molecule has 0 saturated carbocycles. The van der Waals surface area contributed by atoms with Gasteiger partial charge in [-0.2, -0.15) is 8.42 Å². The molecule has 1 aromatic carbocycles. The van der Waals surface area contributed by atoms with Crippen LogP contribution in [0.3, 0.4) is 0 Å². The number of carbonyl (C=O) groups is 1. The number of sulfonamides is 1. The van der Waals surface area contributed by atoms with Crippen LogP contribution in [0.1, 0.15) is 37.6 Å². The summed E-state index contributed by atoms with van der Waals surface area (Å²) in [5.41, 5.74) is 0.722. The maximum atomic E-state index is 13.2. The van der Waals surface area contributed by atoms with E-state index in [2.05, 4.69) is 40.4 Å². The molecule has 10 heteroatoms. The Morgan fingerprint density at radius 1 is 1.17 bits per heavy atom. The molecule has 1 aliphatic rings. The van der Waals surface area contributed by atoms with Crippen molar-refractivity contribution in [2.45, 2.75) is 37.8 Å². The first-order valence-corrected chi connectivity index (χ1v) is 13.1. The van der Waals surface area contributed by atoms with Crippen LogP contribution in [0.2, 0.25) is 5.02 Å². The Balaban J connectivity index is 1.60. The van der Waals surface area contributed by atoms with Gasteiger partial charge in [-0.25, -0.2) is 14.7 Å². The lowest BCUT2D eigenvalue weighted by Crippen LogP contribution is -2.43. The van der Waals surface area contributed by atoms with Gasteiger partial charge in [0.1, 0.15) is 11.6 Å². The van der Waals surface area contributed by atoms with E-state index in [9.17, 15) is 13.2 Å². The van der Waals surface area contributed by atoms with Gasteiger partial charge in [0.25, 0.3) is 15.9 Å².